The van der Waals surface area contributed by atoms with Gasteiger partial charge in [-0.05, 0) is 61.4 Å². The first-order chi connectivity index (χ1) is 18.5. The van der Waals surface area contributed by atoms with Gasteiger partial charge in [-0.3, -0.25) is 9.36 Å². The molecule has 7 nitrogen and oxygen atoms in total. The normalized spacial score (nSPS) is 15.3. The average Bonchev–Trinajstić information content (AvgIpc) is 3.23. The van der Waals surface area contributed by atoms with Crippen LogP contribution in [0.5, 0.6) is 11.5 Å². The van der Waals surface area contributed by atoms with Crippen LogP contribution < -0.4 is 24.4 Å². The van der Waals surface area contributed by atoms with Crippen molar-refractivity contribution in [3.63, 3.8) is 0 Å². The Bertz CT molecular complexity index is 1730. The maximum Gasteiger partial charge on any atom is 0.338 e. The highest BCUT2D eigenvalue weighted by Crippen LogP contribution is 2.32. The fourth-order valence-corrected chi connectivity index (χ4v) is 5.78. The summed E-state index contributed by atoms with van der Waals surface area (Å²) in [4.78, 5) is 32.3. The van der Waals surface area contributed by atoms with Crippen molar-refractivity contribution < 1.29 is 19.0 Å². The van der Waals surface area contributed by atoms with Gasteiger partial charge in [0.05, 0.1) is 42.2 Å². The smallest absolute Gasteiger partial charge is 0.338 e. The Balaban J connectivity index is 1.75. The average molecular weight is 529 g/mol. The Morgan fingerprint density at radius 3 is 2.53 bits per heavy atom. The number of esters is 1. The Hall–Kier alpha value is -4.17. The molecular weight excluding hydrogens is 500 g/mol. The van der Waals surface area contributed by atoms with E-state index in [-0.39, 0.29) is 12.2 Å². The Kier molecular flexibility index (Phi) is 7.15. The van der Waals surface area contributed by atoms with E-state index in [2.05, 4.69) is 4.99 Å². The van der Waals surface area contributed by atoms with Crippen LogP contribution >= 0.6 is 11.3 Å². The van der Waals surface area contributed by atoms with Gasteiger partial charge in [-0.25, -0.2) is 9.79 Å². The van der Waals surface area contributed by atoms with Gasteiger partial charge < -0.3 is 14.2 Å². The number of carbonyl (C=O) groups excluding carboxylic acids is 1. The molecule has 4 aromatic rings. The van der Waals surface area contributed by atoms with E-state index >= 15 is 0 Å². The molecule has 0 spiro atoms. The molecule has 1 unspecified atom stereocenters. The first kappa shape index (κ1) is 25.5. The van der Waals surface area contributed by atoms with Crippen LogP contribution in [0, 0.1) is 0 Å². The van der Waals surface area contributed by atoms with Crippen molar-refractivity contribution in [3.05, 3.63) is 103 Å². The summed E-state index contributed by atoms with van der Waals surface area (Å²) in [5, 5.41) is 2.02. The van der Waals surface area contributed by atoms with Gasteiger partial charge >= 0.3 is 5.97 Å². The van der Waals surface area contributed by atoms with Crippen molar-refractivity contribution in [1.29, 1.82) is 0 Å². The lowest BCUT2D eigenvalue weighted by Crippen LogP contribution is -2.39. The molecule has 0 saturated heterocycles. The summed E-state index contributed by atoms with van der Waals surface area (Å²) in [6, 6.07) is 18.6. The summed E-state index contributed by atoms with van der Waals surface area (Å²) in [6.07, 6.45) is 1.85. The molecule has 0 radical (unpaired) electrons. The lowest BCUT2D eigenvalue weighted by molar-refractivity contribution is -0.139. The maximum atomic E-state index is 14.0. The molecule has 0 saturated carbocycles. The molecular formula is C30H28N2O5S. The summed E-state index contributed by atoms with van der Waals surface area (Å²) >= 11 is 1.29. The van der Waals surface area contributed by atoms with Crippen LogP contribution in [0.1, 0.15) is 37.9 Å². The molecule has 2 heterocycles. The number of methoxy groups -OCH3 is 1. The molecule has 5 rings (SSSR count). The van der Waals surface area contributed by atoms with Crippen LogP contribution in [-0.2, 0) is 9.53 Å². The summed E-state index contributed by atoms with van der Waals surface area (Å²) in [5.74, 6) is 0.892. The van der Waals surface area contributed by atoms with Gasteiger partial charge in [0.2, 0.25) is 0 Å². The van der Waals surface area contributed by atoms with E-state index in [9.17, 15) is 9.59 Å². The fourth-order valence-electron chi connectivity index (χ4n) is 4.75. The van der Waals surface area contributed by atoms with Gasteiger partial charge in [-0.2, -0.15) is 0 Å². The van der Waals surface area contributed by atoms with E-state index in [1.807, 2.05) is 73.7 Å². The van der Waals surface area contributed by atoms with Gasteiger partial charge in [0.25, 0.3) is 5.56 Å². The highest BCUT2D eigenvalue weighted by Gasteiger charge is 2.33. The number of thiazole rings is 1. The van der Waals surface area contributed by atoms with E-state index in [1.54, 1.807) is 25.5 Å². The SMILES string of the molecule is CCOC(=O)C1=C(C)N=c2s/c(=C/c3c(OC)ccc4ccccc34)c(=O)n2C1c1ccc(OCC)cc1. The minimum Gasteiger partial charge on any atom is -0.496 e. The molecule has 0 fully saturated rings. The van der Waals surface area contributed by atoms with E-state index in [0.717, 1.165) is 21.9 Å². The van der Waals surface area contributed by atoms with Gasteiger partial charge in [0.1, 0.15) is 11.5 Å². The van der Waals surface area contributed by atoms with E-state index in [1.165, 1.54) is 11.3 Å². The second kappa shape index (κ2) is 10.7. The third-order valence-corrected chi connectivity index (χ3v) is 7.43. The fraction of sp³-hybridized carbons (Fsp3) is 0.233. The Labute approximate surface area is 223 Å². The monoisotopic (exact) mass is 528 g/mol. The van der Waals surface area contributed by atoms with Crippen LogP contribution in [0.25, 0.3) is 16.8 Å². The van der Waals surface area contributed by atoms with Gasteiger partial charge in [-0.1, -0.05) is 53.8 Å². The van der Waals surface area contributed by atoms with Crippen molar-refractivity contribution in [3.8, 4) is 11.5 Å². The number of allylic oxidation sites excluding steroid dienone is 1. The lowest BCUT2D eigenvalue weighted by Gasteiger charge is -2.24. The van der Waals surface area contributed by atoms with Gasteiger partial charge in [0.15, 0.2) is 4.80 Å². The highest BCUT2D eigenvalue weighted by molar-refractivity contribution is 7.07. The second-order valence-corrected chi connectivity index (χ2v) is 9.72. The van der Waals surface area contributed by atoms with Gasteiger partial charge in [-0.15, -0.1) is 0 Å². The second-order valence-electron chi connectivity index (χ2n) is 8.71. The largest absolute Gasteiger partial charge is 0.496 e. The molecule has 0 N–H and O–H groups in total. The summed E-state index contributed by atoms with van der Waals surface area (Å²) in [5.41, 5.74) is 2.21. The number of hydrogen-bond donors (Lipinski definition) is 0. The predicted octanol–water partition coefficient (Wildman–Crippen LogP) is 4.36. The van der Waals surface area contributed by atoms with Crippen molar-refractivity contribution in [2.45, 2.75) is 26.8 Å². The molecule has 1 atom stereocenters. The third-order valence-electron chi connectivity index (χ3n) is 6.45. The molecule has 1 aliphatic rings. The highest BCUT2D eigenvalue weighted by atomic mass is 32.1. The number of ether oxygens (including phenoxy) is 3. The van der Waals surface area contributed by atoms with Crippen molar-refractivity contribution >= 4 is 34.2 Å². The maximum absolute atomic E-state index is 14.0. The van der Waals surface area contributed by atoms with Crippen LogP contribution in [0.15, 0.2) is 81.7 Å². The minimum absolute atomic E-state index is 0.219. The molecule has 38 heavy (non-hydrogen) atoms. The number of hydrogen-bond acceptors (Lipinski definition) is 7. The number of rotatable bonds is 7. The van der Waals surface area contributed by atoms with Crippen LogP contribution in [0.2, 0.25) is 0 Å². The molecule has 194 valence electrons. The standard InChI is InChI=1S/C30H28N2O5S/c1-5-36-21-14-11-20(12-15-21)27-26(29(34)37-6-2)18(3)31-30-32(27)28(33)25(38-30)17-23-22-10-8-7-9-19(22)13-16-24(23)35-4/h7-17,27H,5-6H2,1-4H3/b25-17+. The zero-order valence-corrected chi connectivity index (χ0v) is 22.5. The van der Waals surface area contributed by atoms with Crippen LogP contribution in [-0.4, -0.2) is 30.9 Å². The Morgan fingerprint density at radius 1 is 1.05 bits per heavy atom. The molecule has 8 heteroatoms. The molecule has 3 aromatic carbocycles. The summed E-state index contributed by atoms with van der Waals surface area (Å²) in [6.45, 7) is 6.21. The Morgan fingerprint density at radius 2 is 1.82 bits per heavy atom. The molecule has 0 bridgehead atoms. The van der Waals surface area contributed by atoms with Crippen molar-refractivity contribution in [1.82, 2.24) is 4.57 Å². The van der Waals surface area contributed by atoms with E-state index < -0.39 is 12.0 Å². The zero-order chi connectivity index (χ0) is 26.8. The molecule has 1 aromatic heterocycles. The predicted molar refractivity (Wildman–Crippen MR) is 149 cm³/mol. The number of aromatic nitrogens is 1. The summed E-state index contributed by atoms with van der Waals surface area (Å²) < 4.78 is 18.7. The quantitative estimate of drug-likeness (QED) is 0.333. The van der Waals surface area contributed by atoms with Crippen LogP contribution in [0.4, 0.5) is 0 Å². The topological polar surface area (TPSA) is 79.1 Å². The lowest BCUT2D eigenvalue weighted by atomic mass is 9.96. The molecule has 1 aliphatic heterocycles. The zero-order valence-electron chi connectivity index (χ0n) is 21.7. The number of carbonyl (C=O) groups is 1. The van der Waals surface area contributed by atoms with Crippen molar-refractivity contribution in [2.24, 2.45) is 4.99 Å². The summed E-state index contributed by atoms with van der Waals surface area (Å²) in [7, 11) is 1.62. The van der Waals surface area contributed by atoms with Crippen LogP contribution in [0.3, 0.4) is 0 Å². The van der Waals surface area contributed by atoms with E-state index in [0.29, 0.717) is 38.7 Å². The minimum atomic E-state index is -0.683. The third kappa shape index (κ3) is 4.52. The first-order valence-electron chi connectivity index (χ1n) is 12.4. The van der Waals surface area contributed by atoms with Crippen molar-refractivity contribution in [2.75, 3.05) is 20.3 Å². The number of nitrogens with zero attached hydrogens (tertiary/aromatic N) is 2. The molecule has 0 amide bonds. The molecule has 0 aliphatic carbocycles. The number of fused-ring (bicyclic) bond motifs is 2. The van der Waals surface area contributed by atoms with Gasteiger partial charge in [0, 0.05) is 5.56 Å². The van der Waals surface area contributed by atoms with E-state index in [4.69, 9.17) is 14.2 Å². The number of benzene rings is 3. The first-order valence-corrected chi connectivity index (χ1v) is 13.3.